The number of nitrogens with zero attached hydrogens (tertiary/aromatic N) is 3. The van der Waals surface area contributed by atoms with Crippen molar-refractivity contribution < 1.29 is 4.74 Å². The van der Waals surface area contributed by atoms with E-state index in [1.165, 1.54) is 11.3 Å². The number of anilines is 1. The quantitative estimate of drug-likeness (QED) is 0.837. The van der Waals surface area contributed by atoms with Crippen LogP contribution in [0.2, 0.25) is 0 Å². The summed E-state index contributed by atoms with van der Waals surface area (Å²) in [6, 6.07) is 0. The molecular formula is C14H24N4O. The molecule has 19 heavy (non-hydrogen) atoms. The van der Waals surface area contributed by atoms with Crippen LogP contribution in [-0.4, -0.2) is 43.3 Å². The smallest absolute Gasteiger partial charge is 0.136 e. The van der Waals surface area contributed by atoms with Crippen LogP contribution in [0.4, 0.5) is 5.82 Å². The molecule has 1 aliphatic heterocycles. The average Bonchev–Trinajstić information content (AvgIpc) is 2.42. The van der Waals surface area contributed by atoms with Crippen molar-refractivity contribution in [3.8, 4) is 0 Å². The van der Waals surface area contributed by atoms with Gasteiger partial charge < -0.3 is 15.0 Å². The molecule has 0 saturated heterocycles. The second kappa shape index (κ2) is 6.82. The Morgan fingerprint density at radius 3 is 3.00 bits per heavy atom. The molecule has 0 atom stereocenters. The first-order valence-electron chi connectivity index (χ1n) is 6.99. The number of rotatable bonds is 6. The Hall–Kier alpha value is -1.20. The van der Waals surface area contributed by atoms with E-state index in [4.69, 9.17) is 4.74 Å². The lowest BCUT2D eigenvalue weighted by atomic mass is 10.1. The zero-order chi connectivity index (χ0) is 13.7. The molecule has 5 heteroatoms. The summed E-state index contributed by atoms with van der Waals surface area (Å²) in [6.45, 7) is 8.92. The largest absolute Gasteiger partial charge is 0.383 e. The zero-order valence-corrected chi connectivity index (χ0v) is 12.1. The molecule has 0 fully saturated rings. The van der Waals surface area contributed by atoms with Crippen molar-refractivity contribution in [2.24, 2.45) is 5.92 Å². The molecule has 1 aromatic rings. The van der Waals surface area contributed by atoms with Crippen molar-refractivity contribution in [2.45, 2.75) is 26.8 Å². The van der Waals surface area contributed by atoms with Crippen molar-refractivity contribution in [1.29, 1.82) is 0 Å². The third-order valence-electron chi connectivity index (χ3n) is 3.30. The maximum absolute atomic E-state index is 5.22. The molecular weight excluding hydrogens is 240 g/mol. The second-order valence-electron chi connectivity index (χ2n) is 5.38. The standard InChI is InChI=1S/C14H24N4O/c1-11(2)9-18(6-7-19-3)14-12-8-15-5-4-13(12)16-10-17-14/h10-11,15H,4-9H2,1-3H3. The number of ether oxygens (including phenoxy) is 1. The Morgan fingerprint density at radius 2 is 2.26 bits per heavy atom. The van der Waals surface area contributed by atoms with Crippen LogP contribution in [-0.2, 0) is 17.7 Å². The minimum Gasteiger partial charge on any atom is -0.383 e. The van der Waals surface area contributed by atoms with E-state index in [1.807, 2.05) is 0 Å². The minimum absolute atomic E-state index is 0.596. The van der Waals surface area contributed by atoms with Gasteiger partial charge >= 0.3 is 0 Å². The van der Waals surface area contributed by atoms with Gasteiger partial charge in [-0.15, -0.1) is 0 Å². The highest BCUT2D eigenvalue weighted by Gasteiger charge is 2.19. The molecule has 0 aromatic carbocycles. The van der Waals surface area contributed by atoms with Gasteiger partial charge in [-0.3, -0.25) is 0 Å². The van der Waals surface area contributed by atoms with E-state index >= 15 is 0 Å². The fourth-order valence-electron chi connectivity index (χ4n) is 2.45. The number of methoxy groups -OCH3 is 1. The third-order valence-corrected chi connectivity index (χ3v) is 3.30. The third kappa shape index (κ3) is 3.64. The van der Waals surface area contributed by atoms with Crippen LogP contribution >= 0.6 is 0 Å². The molecule has 1 N–H and O–H groups in total. The van der Waals surface area contributed by atoms with Gasteiger partial charge in [0.2, 0.25) is 0 Å². The molecule has 1 aromatic heterocycles. The van der Waals surface area contributed by atoms with E-state index in [1.54, 1.807) is 13.4 Å². The lowest BCUT2D eigenvalue weighted by molar-refractivity contribution is 0.204. The molecule has 0 amide bonds. The maximum atomic E-state index is 5.22. The number of nitrogens with one attached hydrogen (secondary N) is 1. The Balaban J connectivity index is 2.24. The van der Waals surface area contributed by atoms with E-state index in [-0.39, 0.29) is 0 Å². The van der Waals surface area contributed by atoms with Gasteiger partial charge in [0.05, 0.1) is 12.3 Å². The summed E-state index contributed by atoms with van der Waals surface area (Å²) >= 11 is 0. The van der Waals surface area contributed by atoms with Gasteiger partial charge in [-0.25, -0.2) is 9.97 Å². The van der Waals surface area contributed by atoms with Gasteiger partial charge in [-0.1, -0.05) is 13.8 Å². The molecule has 2 rings (SSSR count). The predicted molar refractivity (Wildman–Crippen MR) is 76.4 cm³/mol. The molecule has 0 bridgehead atoms. The van der Waals surface area contributed by atoms with Gasteiger partial charge in [0.15, 0.2) is 0 Å². The van der Waals surface area contributed by atoms with Gasteiger partial charge in [0.25, 0.3) is 0 Å². The van der Waals surface area contributed by atoms with E-state index in [2.05, 4.69) is 34.0 Å². The summed E-state index contributed by atoms with van der Waals surface area (Å²) in [5, 5.41) is 3.41. The van der Waals surface area contributed by atoms with Gasteiger partial charge in [0.1, 0.15) is 12.1 Å². The second-order valence-corrected chi connectivity index (χ2v) is 5.38. The van der Waals surface area contributed by atoms with E-state index in [0.717, 1.165) is 45.0 Å². The van der Waals surface area contributed by atoms with Crippen LogP contribution in [0.1, 0.15) is 25.1 Å². The zero-order valence-electron chi connectivity index (χ0n) is 12.1. The normalized spacial score (nSPS) is 14.5. The molecule has 0 saturated carbocycles. The molecule has 106 valence electrons. The van der Waals surface area contributed by atoms with Crippen molar-refractivity contribution in [3.63, 3.8) is 0 Å². The Morgan fingerprint density at radius 1 is 1.42 bits per heavy atom. The molecule has 1 aliphatic rings. The Bertz CT molecular complexity index is 408. The van der Waals surface area contributed by atoms with Gasteiger partial charge in [-0.2, -0.15) is 0 Å². The first kappa shape index (κ1) is 14.2. The fraction of sp³-hybridized carbons (Fsp3) is 0.714. The van der Waals surface area contributed by atoms with Crippen LogP contribution in [0.15, 0.2) is 6.33 Å². The van der Waals surface area contributed by atoms with Crippen molar-refractivity contribution in [3.05, 3.63) is 17.6 Å². The van der Waals surface area contributed by atoms with Gasteiger partial charge in [0, 0.05) is 45.3 Å². The van der Waals surface area contributed by atoms with E-state index < -0.39 is 0 Å². The van der Waals surface area contributed by atoms with E-state index in [0.29, 0.717) is 5.92 Å². The Labute approximate surface area is 115 Å². The average molecular weight is 264 g/mol. The highest BCUT2D eigenvalue weighted by Crippen LogP contribution is 2.23. The maximum Gasteiger partial charge on any atom is 0.136 e. The highest BCUT2D eigenvalue weighted by atomic mass is 16.5. The summed E-state index contributed by atoms with van der Waals surface area (Å²) in [5.41, 5.74) is 2.44. The first-order valence-corrected chi connectivity index (χ1v) is 6.99. The van der Waals surface area contributed by atoms with Crippen LogP contribution in [0, 0.1) is 5.92 Å². The summed E-state index contributed by atoms with van der Waals surface area (Å²) in [5.74, 6) is 1.67. The SMILES string of the molecule is COCCN(CC(C)C)c1ncnc2c1CNCC2. The van der Waals surface area contributed by atoms with Gasteiger partial charge in [-0.05, 0) is 5.92 Å². The minimum atomic E-state index is 0.596. The number of hydrogen-bond acceptors (Lipinski definition) is 5. The van der Waals surface area contributed by atoms with Crippen molar-refractivity contribution in [2.75, 3.05) is 38.3 Å². The molecule has 2 heterocycles. The molecule has 0 spiro atoms. The fourth-order valence-corrected chi connectivity index (χ4v) is 2.45. The lowest BCUT2D eigenvalue weighted by Gasteiger charge is -2.29. The molecule has 0 radical (unpaired) electrons. The Kier molecular flexibility index (Phi) is 5.10. The number of fused-ring (bicyclic) bond motifs is 1. The molecule has 0 unspecified atom stereocenters. The van der Waals surface area contributed by atoms with Crippen molar-refractivity contribution in [1.82, 2.24) is 15.3 Å². The van der Waals surface area contributed by atoms with Crippen LogP contribution < -0.4 is 10.2 Å². The summed E-state index contributed by atoms with van der Waals surface area (Å²) in [7, 11) is 1.74. The van der Waals surface area contributed by atoms with E-state index in [9.17, 15) is 0 Å². The summed E-state index contributed by atoms with van der Waals surface area (Å²) < 4.78 is 5.22. The lowest BCUT2D eigenvalue weighted by Crippen LogP contribution is -2.35. The predicted octanol–water partition coefficient (Wildman–Crippen LogP) is 1.23. The summed E-state index contributed by atoms with van der Waals surface area (Å²) in [6.07, 6.45) is 2.68. The van der Waals surface area contributed by atoms with Crippen LogP contribution in [0.5, 0.6) is 0 Å². The first-order chi connectivity index (χ1) is 9.22. The highest BCUT2D eigenvalue weighted by molar-refractivity contribution is 5.49. The number of hydrogen-bond donors (Lipinski definition) is 1. The number of aromatic nitrogens is 2. The molecule has 0 aliphatic carbocycles. The van der Waals surface area contributed by atoms with Crippen molar-refractivity contribution >= 4 is 5.82 Å². The monoisotopic (exact) mass is 264 g/mol. The summed E-state index contributed by atoms with van der Waals surface area (Å²) in [4.78, 5) is 11.3. The van der Waals surface area contributed by atoms with Crippen LogP contribution in [0.25, 0.3) is 0 Å². The topological polar surface area (TPSA) is 50.3 Å². The van der Waals surface area contributed by atoms with Crippen LogP contribution in [0.3, 0.4) is 0 Å². The molecule has 5 nitrogen and oxygen atoms in total.